The number of hydrogen-bond acceptors (Lipinski definition) is 12. The van der Waals surface area contributed by atoms with Crippen molar-refractivity contribution in [3.8, 4) is 11.5 Å². The molecular weight excluding hydrogens is 1010 g/mol. The average Bonchev–Trinajstić information content (AvgIpc) is 3.68. The van der Waals surface area contributed by atoms with Gasteiger partial charge in [0.25, 0.3) is 6.21 Å². The van der Waals surface area contributed by atoms with E-state index in [-0.39, 0.29) is 46.8 Å². The predicted octanol–water partition coefficient (Wildman–Crippen LogP) is 10.4. The molecule has 0 spiro atoms. The lowest BCUT2D eigenvalue weighted by Crippen LogP contribution is -2.44. The Morgan fingerprint density at radius 2 is 1.42 bits per heavy atom. The topological polar surface area (TPSA) is 145 Å². The summed E-state index contributed by atoms with van der Waals surface area (Å²) < 4.78 is 35.2. The lowest BCUT2D eigenvalue weighted by molar-refractivity contribution is -0.783. The van der Waals surface area contributed by atoms with E-state index < -0.39 is 28.6 Å². The molecule has 0 saturated carbocycles. The third kappa shape index (κ3) is 15.6. The monoisotopic (exact) mass is 1070 g/mol. The molecule has 4 rings (SSSR count). The molecule has 0 aromatic heterocycles. The molecule has 350 valence electrons. The zero-order valence-corrected chi connectivity index (χ0v) is 45.4. The summed E-state index contributed by atoms with van der Waals surface area (Å²) in [7, 11) is 0.742. The molecule has 0 bridgehead atoms. The molecule has 2 aromatic carbocycles. The second-order valence-electron chi connectivity index (χ2n) is 18.0. The number of carbonyl (C=O) groups excluding carboxylic acids is 2. The van der Waals surface area contributed by atoms with Gasteiger partial charge in [-0.3, -0.25) is 14.8 Å². The summed E-state index contributed by atoms with van der Waals surface area (Å²) in [6.45, 7) is 27.1. The van der Waals surface area contributed by atoms with Crippen molar-refractivity contribution in [2.45, 2.75) is 129 Å². The van der Waals surface area contributed by atoms with E-state index in [1.807, 2.05) is 19.1 Å². The molecule has 0 aliphatic carbocycles. The molecular formula is C43H67Br2Cl2N2O11Si2+. The standard InChI is InChI=1S/C21H31BrClNO5Si.C11H12BrClNO4.C11H24O2Si/c1-12-17-16(11-27-30(6,7)21(2,3)4)29-24(18(17)20(25)28-12)10-13-15(23)9-8-14(22)19(13)26-5;1-17-10(15)6-14(16)5-7-9(13)4-3-8(12)11(7)18-2;1-10(12)8-7-9-13-14(5,6)11(2,3)4/h8-9,12,16-18H,10-11H2,1-7H3;3-4,6,16H,5H2,1-2H3;7-8,10,12H,9H2,1-6H3/q;+1;/b;14-6-;8-7-/t12-,16-,17+,18-;;10-/m0.0/s1. The minimum Gasteiger partial charge on any atom is -0.495 e. The zero-order valence-electron chi connectivity index (χ0n) is 38.7. The molecule has 2 heterocycles. The first-order chi connectivity index (χ1) is 28.5. The molecule has 19 heteroatoms. The molecule has 0 radical (unpaired) electrons. The minimum absolute atomic E-state index is 0.00343. The van der Waals surface area contributed by atoms with Crippen molar-refractivity contribution < 1.29 is 57.3 Å². The van der Waals surface area contributed by atoms with Crippen molar-refractivity contribution in [1.29, 1.82) is 0 Å². The van der Waals surface area contributed by atoms with Gasteiger partial charge in [0.05, 0.1) is 72.6 Å². The first-order valence-electron chi connectivity index (χ1n) is 20.2. The number of methoxy groups -OCH3 is 3. The minimum atomic E-state index is -1.95. The number of hydrogen-bond donors (Lipinski definition) is 2. The molecule has 5 atom stereocenters. The predicted molar refractivity (Wildman–Crippen MR) is 256 cm³/mol. The Bertz CT molecular complexity index is 1890. The van der Waals surface area contributed by atoms with Gasteiger partial charge in [-0.05, 0) is 111 Å². The molecule has 2 aliphatic heterocycles. The van der Waals surface area contributed by atoms with Crippen LogP contribution in [0.4, 0.5) is 0 Å². The van der Waals surface area contributed by atoms with Gasteiger partial charge in [-0.15, -0.1) is 0 Å². The van der Waals surface area contributed by atoms with E-state index in [0.29, 0.717) is 56.1 Å². The summed E-state index contributed by atoms with van der Waals surface area (Å²) in [6.07, 6.45) is 3.69. The molecule has 2 saturated heterocycles. The molecule has 13 nitrogen and oxygen atoms in total. The molecule has 62 heavy (non-hydrogen) atoms. The number of halogens is 4. The van der Waals surface area contributed by atoms with Crippen LogP contribution >= 0.6 is 55.1 Å². The first-order valence-corrected chi connectivity index (χ1v) is 28.4. The number of carbonyl (C=O) groups is 2. The van der Waals surface area contributed by atoms with Crippen molar-refractivity contribution in [2.24, 2.45) is 5.92 Å². The average molecular weight is 1070 g/mol. The van der Waals surface area contributed by atoms with Crippen LogP contribution in [0.2, 0.25) is 46.3 Å². The van der Waals surface area contributed by atoms with E-state index in [4.69, 9.17) is 56.2 Å². The van der Waals surface area contributed by atoms with Crippen LogP contribution in [0.5, 0.6) is 11.5 Å². The van der Waals surface area contributed by atoms with Crippen molar-refractivity contribution in [3.63, 3.8) is 0 Å². The highest BCUT2D eigenvalue weighted by atomic mass is 79.9. The van der Waals surface area contributed by atoms with Gasteiger partial charge in [-0.25, -0.2) is 4.79 Å². The van der Waals surface area contributed by atoms with Crippen molar-refractivity contribution >= 4 is 89.8 Å². The normalized spacial score (nSPS) is 20.1. The lowest BCUT2D eigenvalue weighted by atomic mass is 9.93. The van der Waals surface area contributed by atoms with Crippen LogP contribution in [-0.4, -0.2) is 114 Å². The zero-order chi connectivity index (χ0) is 47.5. The number of aliphatic hydroxyl groups is 1. The largest absolute Gasteiger partial charge is 0.495 e. The van der Waals surface area contributed by atoms with Crippen LogP contribution in [-0.2, 0) is 45.8 Å². The summed E-state index contributed by atoms with van der Waals surface area (Å²) in [4.78, 5) is 29.9. The van der Waals surface area contributed by atoms with Crippen LogP contribution in [0, 0.1) is 5.92 Å². The second kappa shape index (κ2) is 23.9. The fourth-order valence-corrected chi connectivity index (χ4v) is 9.25. The summed E-state index contributed by atoms with van der Waals surface area (Å²) >= 11 is 19.3. The number of hydroxylamine groups is 3. The SMILES string of the molecule is COC(=O)/C=[N+](\O)Cc1c(Cl)ccc(Br)c1OC.COc1c(Br)ccc(Cl)c1CN1O[C@@H](CO[Si](C)(C)C(C)(C)C)[C@H]2[C@H](C)OC(=O)[C@H]21.C[C@H](O)/C=C\CO[Si](C)(C)C(C)(C)C. The molecule has 2 fully saturated rings. The first kappa shape index (κ1) is 56.1. The molecule has 0 amide bonds. The number of cyclic esters (lactones) is 1. The lowest BCUT2D eigenvalue weighted by Gasteiger charge is -2.37. The van der Waals surface area contributed by atoms with E-state index in [0.717, 1.165) is 16.3 Å². The Kier molecular flexibility index (Phi) is 21.7. The molecule has 2 N–H and O–H groups in total. The number of fused-ring (bicyclic) bond motifs is 1. The van der Waals surface area contributed by atoms with Crippen molar-refractivity contribution in [3.05, 3.63) is 66.5 Å². The van der Waals surface area contributed by atoms with Gasteiger partial charge >= 0.3 is 11.9 Å². The summed E-state index contributed by atoms with van der Waals surface area (Å²) in [5.74, 6) is 0.0945. The molecule has 2 aliphatic rings. The Morgan fingerprint density at radius 1 is 0.919 bits per heavy atom. The Morgan fingerprint density at radius 3 is 1.90 bits per heavy atom. The van der Waals surface area contributed by atoms with Crippen LogP contribution in [0.1, 0.15) is 66.5 Å². The Balaban J connectivity index is 0.000000353. The van der Waals surface area contributed by atoms with E-state index in [2.05, 4.69) is 104 Å². The van der Waals surface area contributed by atoms with Gasteiger partial charge in [-0.2, -0.15) is 5.06 Å². The maximum absolute atomic E-state index is 12.6. The van der Waals surface area contributed by atoms with Gasteiger partial charge in [0.1, 0.15) is 29.7 Å². The van der Waals surface area contributed by atoms with Crippen molar-refractivity contribution in [1.82, 2.24) is 5.06 Å². The van der Waals surface area contributed by atoms with Crippen LogP contribution in [0.15, 0.2) is 45.4 Å². The smallest absolute Gasteiger partial charge is 0.399 e. The highest BCUT2D eigenvalue weighted by molar-refractivity contribution is 9.11. The Hall–Kier alpha value is -2.04. The number of esters is 2. The van der Waals surface area contributed by atoms with E-state index >= 15 is 0 Å². The van der Waals surface area contributed by atoms with Gasteiger partial charge in [0.2, 0.25) is 6.54 Å². The number of benzene rings is 2. The van der Waals surface area contributed by atoms with E-state index in [1.54, 1.807) is 43.4 Å². The van der Waals surface area contributed by atoms with Crippen LogP contribution in [0.3, 0.4) is 0 Å². The maximum Gasteiger partial charge on any atom is 0.399 e. The third-order valence-electron chi connectivity index (χ3n) is 11.4. The third-order valence-corrected chi connectivity index (χ3v) is 22.4. The fraction of sp³-hybridized carbons (Fsp3) is 0.605. The van der Waals surface area contributed by atoms with Crippen LogP contribution in [0.25, 0.3) is 0 Å². The molecule has 0 unspecified atom stereocenters. The van der Waals surface area contributed by atoms with Crippen LogP contribution < -0.4 is 9.47 Å². The van der Waals surface area contributed by atoms with E-state index in [9.17, 15) is 14.8 Å². The maximum atomic E-state index is 12.6. The quantitative estimate of drug-likeness (QED) is 0.0353. The number of aliphatic hydroxyl groups excluding tert-OH is 1. The second-order valence-corrected chi connectivity index (χ2v) is 30.2. The molecule has 2 aromatic rings. The summed E-state index contributed by atoms with van der Waals surface area (Å²) in [6, 6.07) is 6.53. The van der Waals surface area contributed by atoms with Gasteiger partial charge < -0.3 is 32.9 Å². The van der Waals surface area contributed by atoms with Crippen molar-refractivity contribution in [2.75, 3.05) is 34.5 Å². The van der Waals surface area contributed by atoms with Gasteiger partial charge in [0, 0.05) is 10.6 Å². The fourth-order valence-electron chi connectivity index (χ4n) is 5.80. The van der Waals surface area contributed by atoms with E-state index in [1.165, 1.54) is 14.2 Å². The van der Waals surface area contributed by atoms with Gasteiger partial charge in [0.15, 0.2) is 16.6 Å². The summed E-state index contributed by atoms with van der Waals surface area (Å²) in [5, 5.41) is 21.6. The number of ether oxygens (including phenoxy) is 4. The highest BCUT2D eigenvalue weighted by Gasteiger charge is 2.57. The number of nitrogens with zero attached hydrogens (tertiary/aromatic N) is 2. The Labute approximate surface area is 397 Å². The highest BCUT2D eigenvalue weighted by Crippen LogP contribution is 2.44. The number of rotatable bonds is 14. The van der Waals surface area contributed by atoms with Gasteiger partial charge in [-0.1, -0.05) is 76.9 Å². The summed E-state index contributed by atoms with van der Waals surface area (Å²) in [5.41, 5.74) is 1.31.